The number of benzene rings is 2. The van der Waals surface area contributed by atoms with Crippen LogP contribution >= 0.6 is 11.6 Å². The Morgan fingerprint density at radius 1 is 0.926 bits per heavy atom. The first kappa shape index (κ1) is 19.4. The summed E-state index contributed by atoms with van der Waals surface area (Å²) in [7, 11) is 0. The number of piperazine rings is 1. The van der Waals surface area contributed by atoms with Crippen LogP contribution in [0, 0.1) is 0 Å². The van der Waals surface area contributed by atoms with E-state index in [1.54, 1.807) is 24.3 Å². The SMILES string of the molecule is CCCC(C(=O)N1CCN(C(=O)c2ccc(Cl)cc2)CC1)c1ccccc1. The van der Waals surface area contributed by atoms with Crippen LogP contribution < -0.4 is 0 Å². The van der Waals surface area contributed by atoms with E-state index in [2.05, 4.69) is 6.92 Å². The van der Waals surface area contributed by atoms with Crippen molar-refractivity contribution in [2.24, 2.45) is 0 Å². The van der Waals surface area contributed by atoms with Crippen molar-refractivity contribution in [3.8, 4) is 0 Å². The molecule has 1 aliphatic heterocycles. The topological polar surface area (TPSA) is 40.6 Å². The van der Waals surface area contributed by atoms with Gasteiger partial charge < -0.3 is 9.80 Å². The molecule has 0 aliphatic carbocycles. The standard InChI is InChI=1S/C22H25ClN2O2/c1-2-6-20(17-7-4-3-5-8-17)22(27)25-15-13-24(14-16-25)21(26)18-9-11-19(23)12-10-18/h3-5,7-12,20H,2,6,13-16H2,1H3. The fraction of sp³-hybridized carbons (Fsp3) is 0.364. The van der Waals surface area contributed by atoms with Gasteiger partial charge in [-0.2, -0.15) is 0 Å². The first-order valence-corrected chi connectivity index (χ1v) is 9.86. The molecule has 1 unspecified atom stereocenters. The van der Waals surface area contributed by atoms with Crippen molar-refractivity contribution in [2.75, 3.05) is 26.2 Å². The number of amides is 2. The second kappa shape index (κ2) is 9.05. The van der Waals surface area contributed by atoms with Crippen LogP contribution in [0.1, 0.15) is 41.6 Å². The predicted octanol–water partition coefficient (Wildman–Crippen LogP) is 4.21. The molecule has 2 aromatic carbocycles. The average Bonchev–Trinajstić information content (AvgIpc) is 2.72. The molecule has 27 heavy (non-hydrogen) atoms. The number of hydrogen-bond acceptors (Lipinski definition) is 2. The molecule has 1 saturated heterocycles. The lowest BCUT2D eigenvalue weighted by atomic mass is 9.93. The maximum absolute atomic E-state index is 13.1. The zero-order valence-corrected chi connectivity index (χ0v) is 16.4. The Kier molecular flexibility index (Phi) is 6.51. The van der Waals surface area contributed by atoms with E-state index in [9.17, 15) is 9.59 Å². The normalized spacial score (nSPS) is 15.5. The zero-order valence-electron chi connectivity index (χ0n) is 15.6. The highest BCUT2D eigenvalue weighted by Gasteiger charge is 2.29. The van der Waals surface area contributed by atoms with E-state index in [-0.39, 0.29) is 17.7 Å². The zero-order chi connectivity index (χ0) is 19.2. The Hall–Kier alpha value is -2.33. The van der Waals surface area contributed by atoms with Gasteiger partial charge in [0.1, 0.15) is 0 Å². The summed E-state index contributed by atoms with van der Waals surface area (Å²) in [5.41, 5.74) is 1.70. The van der Waals surface area contributed by atoms with Crippen molar-refractivity contribution in [3.05, 3.63) is 70.7 Å². The number of carbonyl (C=O) groups excluding carboxylic acids is 2. The molecule has 0 spiro atoms. The lowest BCUT2D eigenvalue weighted by Gasteiger charge is -2.36. The van der Waals surface area contributed by atoms with E-state index in [1.807, 2.05) is 40.1 Å². The molecule has 1 atom stereocenters. The maximum atomic E-state index is 13.1. The Morgan fingerprint density at radius 3 is 2.11 bits per heavy atom. The minimum atomic E-state index is -0.102. The van der Waals surface area contributed by atoms with E-state index in [1.165, 1.54) is 0 Å². The molecule has 2 aromatic rings. The first-order chi connectivity index (χ1) is 13.1. The molecule has 1 fully saturated rings. The quantitative estimate of drug-likeness (QED) is 0.774. The highest BCUT2D eigenvalue weighted by molar-refractivity contribution is 6.30. The molecule has 1 heterocycles. The summed E-state index contributed by atoms with van der Waals surface area (Å²) in [6, 6.07) is 16.9. The van der Waals surface area contributed by atoms with Gasteiger partial charge in [-0.05, 0) is 36.2 Å². The highest BCUT2D eigenvalue weighted by atomic mass is 35.5. The third-order valence-corrected chi connectivity index (χ3v) is 5.30. The number of carbonyl (C=O) groups is 2. The van der Waals surface area contributed by atoms with Crippen molar-refractivity contribution in [1.29, 1.82) is 0 Å². The Bertz CT molecular complexity index is 769. The van der Waals surface area contributed by atoms with Gasteiger partial charge in [-0.1, -0.05) is 55.3 Å². The highest BCUT2D eigenvalue weighted by Crippen LogP contribution is 2.24. The van der Waals surface area contributed by atoms with Crippen LogP contribution in [-0.2, 0) is 4.79 Å². The lowest BCUT2D eigenvalue weighted by Crippen LogP contribution is -2.51. The van der Waals surface area contributed by atoms with Crippen molar-refractivity contribution in [1.82, 2.24) is 9.80 Å². The van der Waals surface area contributed by atoms with Crippen molar-refractivity contribution in [2.45, 2.75) is 25.7 Å². The van der Waals surface area contributed by atoms with Gasteiger partial charge in [-0.25, -0.2) is 0 Å². The minimum Gasteiger partial charge on any atom is -0.339 e. The van der Waals surface area contributed by atoms with E-state index in [0.29, 0.717) is 36.8 Å². The molecular weight excluding hydrogens is 360 g/mol. The van der Waals surface area contributed by atoms with Crippen molar-refractivity contribution >= 4 is 23.4 Å². The molecule has 1 aliphatic rings. The molecule has 142 valence electrons. The van der Waals surface area contributed by atoms with Gasteiger partial charge in [-0.3, -0.25) is 9.59 Å². The van der Waals surface area contributed by atoms with Crippen LogP contribution in [0.4, 0.5) is 0 Å². The molecule has 0 radical (unpaired) electrons. The monoisotopic (exact) mass is 384 g/mol. The third-order valence-electron chi connectivity index (χ3n) is 5.05. The van der Waals surface area contributed by atoms with Crippen molar-refractivity contribution in [3.63, 3.8) is 0 Å². The van der Waals surface area contributed by atoms with Gasteiger partial charge in [-0.15, -0.1) is 0 Å². The van der Waals surface area contributed by atoms with Crippen LogP contribution in [0.25, 0.3) is 0 Å². The summed E-state index contributed by atoms with van der Waals surface area (Å²) in [5, 5.41) is 0.616. The maximum Gasteiger partial charge on any atom is 0.253 e. The number of nitrogens with zero attached hydrogens (tertiary/aromatic N) is 2. The van der Waals surface area contributed by atoms with E-state index >= 15 is 0 Å². The molecule has 0 N–H and O–H groups in total. The molecular formula is C22H25ClN2O2. The largest absolute Gasteiger partial charge is 0.339 e. The molecule has 0 aromatic heterocycles. The first-order valence-electron chi connectivity index (χ1n) is 9.48. The Balaban J connectivity index is 1.63. The third kappa shape index (κ3) is 4.69. The van der Waals surface area contributed by atoms with Gasteiger partial charge in [0.05, 0.1) is 5.92 Å². The van der Waals surface area contributed by atoms with Crippen LogP contribution in [0.15, 0.2) is 54.6 Å². The van der Waals surface area contributed by atoms with Crippen LogP contribution in [-0.4, -0.2) is 47.8 Å². The molecule has 0 bridgehead atoms. The summed E-state index contributed by atoms with van der Waals surface area (Å²) in [6.07, 6.45) is 1.80. The molecule has 2 amide bonds. The summed E-state index contributed by atoms with van der Waals surface area (Å²) in [4.78, 5) is 29.4. The summed E-state index contributed by atoms with van der Waals surface area (Å²) in [6.45, 7) is 4.37. The van der Waals surface area contributed by atoms with E-state index in [4.69, 9.17) is 11.6 Å². The van der Waals surface area contributed by atoms with Crippen LogP contribution in [0.3, 0.4) is 0 Å². The second-order valence-corrected chi connectivity index (χ2v) is 7.31. The summed E-state index contributed by atoms with van der Waals surface area (Å²) >= 11 is 5.89. The minimum absolute atomic E-state index is 0.00747. The average molecular weight is 385 g/mol. The fourth-order valence-electron chi connectivity index (χ4n) is 3.53. The fourth-order valence-corrected chi connectivity index (χ4v) is 3.66. The van der Waals surface area contributed by atoms with E-state index < -0.39 is 0 Å². The molecule has 0 saturated carbocycles. The van der Waals surface area contributed by atoms with Gasteiger partial charge in [0.15, 0.2) is 0 Å². The van der Waals surface area contributed by atoms with Gasteiger partial charge in [0, 0.05) is 36.8 Å². The second-order valence-electron chi connectivity index (χ2n) is 6.88. The van der Waals surface area contributed by atoms with E-state index in [0.717, 1.165) is 18.4 Å². The van der Waals surface area contributed by atoms with Crippen LogP contribution in [0.5, 0.6) is 0 Å². The molecule has 3 rings (SSSR count). The number of halogens is 1. The van der Waals surface area contributed by atoms with Crippen molar-refractivity contribution < 1.29 is 9.59 Å². The number of rotatable bonds is 5. The number of hydrogen-bond donors (Lipinski definition) is 0. The predicted molar refractivity (Wildman–Crippen MR) is 108 cm³/mol. The van der Waals surface area contributed by atoms with Gasteiger partial charge in [0.25, 0.3) is 5.91 Å². The molecule has 4 nitrogen and oxygen atoms in total. The summed E-state index contributed by atoms with van der Waals surface area (Å²) < 4.78 is 0. The van der Waals surface area contributed by atoms with Crippen LogP contribution in [0.2, 0.25) is 5.02 Å². The summed E-state index contributed by atoms with van der Waals surface area (Å²) in [5.74, 6) is 0.0586. The van der Waals surface area contributed by atoms with Gasteiger partial charge >= 0.3 is 0 Å². The lowest BCUT2D eigenvalue weighted by molar-refractivity contribution is -0.134. The Labute approximate surface area is 165 Å². The Morgan fingerprint density at radius 2 is 1.52 bits per heavy atom. The molecule has 5 heteroatoms. The smallest absolute Gasteiger partial charge is 0.253 e. The van der Waals surface area contributed by atoms with Gasteiger partial charge in [0.2, 0.25) is 5.91 Å².